The number of halogens is 1. The summed E-state index contributed by atoms with van der Waals surface area (Å²) in [6.07, 6.45) is 3.79. The summed E-state index contributed by atoms with van der Waals surface area (Å²) in [5.41, 5.74) is 4.85. The molecule has 1 heterocycles. The third-order valence-corrected chi connectivity index (χ3v) is 5.82. The number of nitrogens with one attached hydrogen (secondary N) is 1. The molecule has 1 saturated carbocycles. The van der Waals surface area contributed by atoms with Crippen molar-refractivity contribution in [3.8, 4) is 16.9 Å². The summed E-state index contributed by atoms with van der Waals surface area (Å²) in [7, 11) is 0. The SMILES string of the molecule is CC(=O)N(CC(=O)Nc1nc(-c2ccc(Cl)cc2)cn1-c1ccc(C)c(C)c1)C1CC1. The third kappa shape index (κ3) is 4.80. The highest BCUT2D eigenvalue weighted by Gasteiger charge is 2.32. The number of rotatable bonds is 6. The Balaban J connectivity index is 1.67. The zero-order chi connectivity index (χ0) is 22.1. The van der Waals surface area contributed by atoms with Gasteiger partial charge in [-0.3, -0.25) is 19.5 Å². The first-order valence-corrected chi connectivity index (χ1v) is 10.7. The highest BCUT2D eigenvalue weighted by Crippen LogP contribution is 2.28. The fraction of sp³-hybridized carbons (Fsp3) is 0.292. The van der Waals surface area contributed by atoms with Crippen molar-refractivity contribution in [2.75, 3.05) is 11.9 Å². The van der Waals surface area contributed by atoms with E-state index >= 15 is 0 Å². The van der Waals surface area contributed by atoms with Crippen LogP contribution in [0.25, 0.3) is 16.9 Å². The molecule has 0 aliphatic heterocycles. The van der Waals surface area contributed by atoms with Gasteiger partial charge in [0.1, 0.15) is 6.54 Å². The van der Waals surface area contributed by atoms with Crippen LogP contribution in [-0.2, 0) is 9.59 Å². The van der Waals surface area contributed by atoms with Gasteiger partial charge in [-0.15, -0.1) is 0 Å². The highest BCUT2D eigenvalue weighted by molar-refractivity contribution is 6.30. The van der Waals surface area contributed by atoms with Gasteiger partial charge in [0.2, 0.25) is 17.8 Å². The van der Waals surface area contributed by atoms with Crippen molar-refractivity contribution >= 4 is 29.4 Å². The van der Waals surface area contributed by atoms with Crippen molar-refractivity contribution in [3.63, 3.8) is 0 Å². The first kappa shape index (κ1) is 21.1. The molecule has 1 N–H and O–H groups in total. The van der Waals surface area contributed by atoms with E-state index < -0.39 is 0 Å². The summed E-state index contributed by atoms with van der Waals surface area (Å²) in [6, 6.07) is 13.7. The van der Waals surface area contributed by atoms with E-state index in [2.05, 4.69) is 30.2 Å². The molecule has 2 aromatic carbocycles. The Kier molecular flexibility index (Phi) is 5.83. The Hall–Kier alpha value is -3.12. The van der Waals surface area contributed by atoms with E-state index in [0.29, 0.717) is 11.0 Å². The average molecular weight is 437 g/mol. The van der Waals surface area contributed by atoms with Crippen LogP contribution in [0.4, 0.5) is 5.95 Å². The molecule has 0 atom stereocenters. The number of nitrogens with zero attached hydrogens (tertiary/aromatic N) is 3. The first-order chi connectivity index (χ1) is 14.8. The summed E-state index contributed by atoms with van der Waals surface area (Å²) < 4.78 is 1.86. The highest BCUT2D eigenvalue weighted by atomic mass is 35.5. The van der Waals surface area contributed by atoms with E-state index in [1.165, 1.54) is 12.5 Å². The predicted octanol–water partition coefficient (Wildman–Crippen LogP) is 4.76. The molecule has 7 heteroatoms. The summed E-state index contributed by atoms with van der Waals surface area (Å²) >= 11 is 6.02. The van der Waals surface area contributed by atoms with Gasteiger partial charge in [-0.25, -0.2) is 4.98 Å². The molecule has 1 aromatic heterocycles. The van der Waals surface area contributed by atoms with Gasteiger partial charge in [-0.2, -0.15) is 0 Å². The number of anilines is 1. The van der Waals surface area contributed by atoms with Gasteiger partial charge in [0.05, 0.1) is 5.69 Å². The second kappa shape index (κ2) is 8.55. The van der Waals surface area contributed by atoms with Crippen molar-refractivity contribution < 1.29 is 9.59 Å². The van der Waals surface area contributed by atoms with E-state index in [9.17, 15) is 9.59 Å². The number of imidazole rings is 1. The molecule has 0 bridgehead atoms. The van der Waals surface area contributed by atoms with Gasteiger partial charge in [-0.05, 0) is 62.1 Å². The molecule has 4 rings (SSSR count). The molecule has 31 heavy (non-hydrogen) atoms. The Labute approximate surface area is 186 Å². The number of hydrogen-bond acceptors (Lipinski definition) is 3. The van der Waals surface area contributed by atoms with Crippen LogP contribution >= 0.6 is 11.6 Å². The molecule has 160 valence electrons. The Morgan fingerprint density at radius 3 is 2.45 bits per heavy atom. The van der Waals surface area contributed by atoms with E-state index in [-0.39, 0.29) is 24.4 Å². The molecule has 0 saturated heterocycles. The lowest BCUT2D eigenvalue weighted by Crippen LogP contribution is -2.38. The van der Waals surface area contributed by atoms with Gasteiger partial charge >= 0.3 is 0 Å². The Morgan fingerprint density at radius 2 is 1.84 bits per heavy atom. The number of carbonyl (C=O) groups is 2. The third-order valence-electron chi connectivity index (χ3n) is 5.57. The number of carbonyl (C=O) groups excluding carboxylic acids is 2. The lowest BCUT2D eigenvalue weighted by atomic mass is 10.1. The fourth-order valence-electron chi connectivity index (χ4n) is 3.50. The molecule has 0 radical (unpaired) electrons. The van der Waals surface area contributed by atoms with Crippen LogP contribution in [0.5, 0.6) is 0 Å². The van der Waals surface area contributed by atoms with Gasteiger partial charge in [0.15, 0.2) is 0 Å². The van der Waals surface area contributed by atoms with Gasteiger partial charge in [0.25, 0.3) is 0 Å². The maximum absolute atomic E-state index is 12.8. The van der Waals surface area contributed by atoms with Crippen LogP contribution in [0, 0.1) is 13.8 Å². The Morgan fingerprint density at radius 1 is 1.13 bits per heavy atom. The Bertz CT molecular complexity index is 1130. The maximum Gasteiger partial charge on any atom is 0.246 e. The van der Waals surface area contributed by atoms with Crippen molar-refractivity contribution in [2.24, 2.45) is 0 Å². The fourth-order valence-corrected chi connectivity index (χ4v) is 3.63. The summed E-state index contributed by atoms with van der Waals surface area (Å²) in [4.78, 5) is 31.0. The molecule has 1 aliphatic rings. The zero-order valence-electron chi connectivity index (χ0n) is 17.9. The van der Waals surface area contributed by atoms with E-state index in [1.54, 1.807) is 4.90 Å². The lowest BCUT2D eigenvalue weighted by molar-refractivity contribution is -0.133. The molecule has 2 amide bonds. The van der Waals surface area contributed by atoms with Crippen LogP contribution < -0.4 is 5.32 Å². The van der Waals surface area contributed by atoms with Gasteiger partial charge < -0.3 is 4.90 Å². The summed E-state index contributed by atoms with van der Waals surface area (Å²) in [5.74, 6) is 0.0648. The van der Waals surface area contributed by atoms with Crippen LogP contribution in [0.15, 0.2) is 48.7 Å². The number of aryl methyl sites for hydroxylation is 2. The number of hydrogen-bond donors (Lipinski definition) is 1. The number of amides is 2. The molecule has 1 fully saturated rings. The standard InChI is InChI=1S/C24H25ClN4O2/c1-15-4-9-21(12-16(15)2)29-13-22(18-5-7-19(25)8-6-18)26-24(29)27-23(31)14-28(17(3)30)20-10-11-20/h4-9,12-13,20H,10-11,14H2,1-3H3,(H,26,27,31). The minimum absolute atomic E-state index is 0.0239. The maximum atomic E-state index is 12.8. The topological polar surface area (TPSA) is 67.2 Å². The molecule has 6 nitrogen and oxygen atoms in total. The van der Waals surface area contributed by atoms with Crippen LogP contribution in [-0.4, -0.2) is 38.9 Å². The summed E-state index contributed by atoms with van der Waals surface area (Å²) in [5, 5.41) is 3.55. The van der Waals surface area contributed by atoms with Crippen LogP contribution in [0.3, 0.4) is 0 Å². The minimum Gasteiger partial charge on any atom is -0.331 e. The minimum atomic E-state index is -0.263. The van der Waals surface area contributed by atoms with Crippen molar-refractivity contribution in [1.29, 1.82) is 0 Å². The largest absolute Gasteiger partial charge is 0.331 e. The number of aromatic nitrogens is 2. The van der Waals surface area contributed by atoms with Gasteiger partial charge in [-0.1, -0.05) is 29.8 Å². The van der Waals surface area contributed by atoms with Crippen molar-refractivity contribution in [3.05, 3.63) is 64.8 Å². The second-order valence-corrected chi connectivity index (χ2v) is 8.46. The molecule has 1 aliphatic carbocycles. The molecule has 3 aromatic rings. The normalized spacial score (nSPS) is 13.2. The van der Waals surface area contributed by atoms with E-state index in [1.807, 2.05) is 47.2 Å². The zero-order valence-corrected chi connectivity index (χ0v) is 18.6. The van der Waals surface area contributed by atoms with E-state index in [4.69, 9.17) is 11.6 Å². The predicted molar refractivity (Wildman–Crippen MR) is 123 cm³/mol. The van der Waals surface area contributed by atoms with Crippen LogP contribution in [0.1, 0.15) is 30.9 Å². The quantitative estimate of drug-likeness (QED) is 0.605. The average Bonchev–Trinajstić information content (AvgIpc) is 3.49. The molecule has 0 unspecified atom stereocenters. The molecular weight excluding hydrogens is 412 g/mol. The van der Waals surface area contributed by atoms with Crippen LogP contribution in [0.2, 0.25) is 5.02 Å². The molecule has 0 spiro atoms. The van der Waals surface area contributed by atoms with Gasteiger partial charge in [0, 0.05) is 35.4 Å². The summed E-state index contributed by atoms with van der Waals surface area (Å²) in [6.45, 7) is 5.63. The van der Waals surface area contributed by atoms with E-state index in [0.717, 1.165) is 35.3 Å². The van der Waals surface area contributed by atoms with Crippen molar-refractivity contribution in [2.45, 2.75) is 39.7 Å². The molecular formula is C24H25ClN4O2. The monoisotopic (exact) mass is 436 g/mol. The number of benzene rings is 2. The first-order valence-electron chi connectivity index (χ1n) is 10.3. The second-order valence-electron chi connectivity index (χ2n) is 8.02. The lowest BCUT2D eigenvalue weighted by Gasteiger charge is -2.20. The smallest absolute Gasteiger partial charge is 0.246 e. The van der Waals surface area contributed by atoms with Crippen molar-refractivity contribution in [1.82, 2.24) is 14.5 Å².